The van der Waals surface area contributed by atoms with E-state index in [1.165, 1.54) is 0 Å². The van der Waals surface area contributed by atoms with Crippen LogP contribution in [0.15, 0.2) is 47.3 Å². The van der Waals surface area contributed by atoms with E-state index in [9.17, 15) is 9.59 Å². The van der Waals surface area contributed by atoms with Gasteiger partial charge in [0.1, 0.15) is 5.75 Å². The van der Waals surface area contributed by atoms with E-state index in [0.29, 0.717) is 40.6 Å². The fourth-order valence-corrected chi connectivity index (χ4v) is 4.84. The zero-order valence-electron chi connectivity index (χ0n) is 21.3. The van der Waals surface area contributed by atoms with Crippen molar-refractivity contribution >= 4 is 22.6 Å². The summed E-state index contributed by atoms with van der Waals surface area (Å²) in [7, 11) is 4.69. The lowest BCUT2D eigenvalue weighted by Crippen LogP contribution is -2.45. The van der Waals surface area contributed by atoms with Crippen molar-refractivity contribution < 1.29 is 19.0 Å². The zero-order valence-corrected chi connectivity index (χ0v) is 21.3. The minimum atomic E-state index is -0.283. The first-order valence-corrected chi connectivity index (χ1v) is 12.2. The molecule has 2 heterocycles. The Morgan fingerprint density at radius 2 is 1.81 bits per heavy atom. The van der Waals surface area contributed by atoms with Crippen molar-refractivity contribution in [2.24, 2.45) is 0 Å². The number of H-pyrrole nitrogens is 1. The van der Waals surface area contributed by atoms with Gasteiger partial charge in [0.15, 0.2) is 11.5 Å². The highest BCUT2D eigenvalue weighted by atomic mass is 16.5. The number of rotatable bonds is 9. The number of urea groups is 1. The number of fused-ring (bicyclic) bond motifs is 1. The number of para-hydroxylation sites is 2. The summed E-state index contributed by atoms with van der Waals surface area (Å²) in [6, 6.07) is 12.6. The van der Waals surface area contributed by atoms with Gasteiger partial charge in [-0.05, 0) is 50.2 Å². The van der Waals surface area contributed by atoms with E-state index < -0.39 is 0 Å². The number of anilines is 1. The standard InChI is InChI=1S/C27H34N4O5/c1-5-30-12-8-9-20(30)17-31(27(33)29-21-10-6-7-11-23(21)34-2)16-19-13-18-14-24(35-3)25(36-4)15-22(18)28-26(19)32/h6-7,10-11,13-15,20H,5,8-9,12,16-17H2,1-4H3,(H,28,32)(H,29,33)/t20-/m1/s1. The van der Waals surface area contributed by atoms with Gasteiger partial charge in [0.05, 0.1) is 39.1 Å². The Labute approximate surface area is 210 Å². The molecule has 1 saturated heterocycles. The predicted molar refractivity (Wildman–Crippen MR) is 140 cm³/mol. The van der Waals surface area contributed by atoms with Crippen molar-refractivity contribution in [2.45, 2.75) is 32.4 Å². The number of nitrogens with one attached hydrogen (secondary N) is 2. The van der Waals surface area contributed by atoms with Gasteiger partial charge >= 0.3 is 6.03 Å². The van der Waals surface area contributed by atoms with Crippen LogP contribution in [0.25, 0.3) is 10.9 Å². The van der Waals surface area contributed by atoms with Crippen LogP contribution in [0.2, 0.25) is 0 Å². The van der Waals surface area contributed by atoms with Crippen LogP contribution in [-0.2, 0) is 6.54 Å². The molecule has 0 radical (unpaired) electrons. The first kappa shape index (κ1) is 25.4. The van der Waals surface area contributed by atoms with E-state index in [1.54, 1.807) is 44.4 Å². The van der Waals surface area contributed by atoms with Crippen molar-refractivity contribution in [3.05, 3.63) is 58.4 Å². The molecule has 9 nitrogen and oxygen atoms in total. The van der Waals surface area contributed by atoms with Gasteiger partial charge in [-0.15, -0.1) is 0 Å². The highest BCUT2D eigenvalue weighted by Crippen LogP contribution is 2.31. The highest BCUT2D eigenvalue weighted by molar-refractivity contribution is 5.91. The Kier molecular flexibility index (Phi) is 8.00. The predicted octanol–water partition coefficient (Wildman–Crippen LogP) is 4.07. The van der Waals surface area contributed by atoms with Gasteiger partial charge in [-0.2, -0.15) is 0 Å². The fraction of sp³-hybridized carbons (Fsp3) is 0.407. The number of likely N-dealkylation sites (tertiary alicyclic amines) is 1. The molecule has 0 bridgehead atoms. The smallest absolute Gasteiger partial charge is 0.322 e. The molecule has 0 aliphatic carbocycles. The van der Waals surface area contributed by atoms with E-state index in [4.69, 9.17) is 14.2 Å². The van der Waals surface area contributed by atoms with Gasteiger partial charge in [0.2, 0.25) is 0 Å². The van der Waals surface area contributed by atoms with Gasteiger partial charge < -0.3 is 29.4 Å². The van der Waals surface area contributed by atoms with Crippen LogP contribution in [0.3, 0.4) is 0 Å². The first-order chi connectivity index (χ1) is 17.5. The average Bonchev–Trinajstić information content (AvgIpc) is 3.35. The molecule has 192 valence electrons. The monoisotopic (exact) mass is 494 g/mol. The van der Waals surface area contributed by atoms with Gasteiger partial charge in [-0.1, -0.05) is 19.1 Å². The molecule has 0 unspecified atom stereocenters. The summed E-state index contributed by atoms with van der Waals surface area (Å²) >= 11 is 0. The normalized spacial score (nSPS) is 15.6. The van der Waals surface area contributed by atoms with Crippen LogP contribution < -0.4 is 25.1 Å². The molecule has 1 fully saturated rings. The van der Waals surface area contributed by atoms with Gasteiger partial charge in [-0.25, -0.2) is 4.79 Å². The van der Waals surface area contributed by atoms with Crippen LogP contribution in [0.4, 0.5) is 10.5 Å². The number of aromatic nitrogens is 1. The molecule has 2 amide bonds. The molecule has 1 aliphatic heterocycles. The number of hydrogen-bond acceptors (Lipinski definition) is 6. The first-order valence-electron chi connectivity index (χ1n) is 12.2. The molecule has 0 saturated carbocycles. The molecule has 4 rings (SSSR count). The Hall–Kier alpha value is -3.72. The van der Waals surface area contributed by atoms with Crippen LogP contribution in [0.1, 0.15) is 25.3 Å². The molecule has 0 spiro atoms. The molecule has 2 N–H and O–H groups in total. The van der Waals surface area contributed by atoms with Gasteiger partial charge in [0, 0.05) is 29.6 Å². The van der Waals surface area contributed by atoms with Crippen molar-refractivity contribution in [3.63, 3.8) is 0 Å². The lowest BCUT2D eigenvalue weighted by atomic mass is 10.1. The fourth-order valence-electron chi connectivity index (χ4n) is 4.84. The number of likely N-dealkylation sites (N-methyl/N-ethyl adjacent to an activating group) is 1. The minimum absolute atomic E-state index is 0.161. The number of ether oxygens (including phenoxy) is 3. The van der Waals surface area contributed by atoms with Crippen LogP contribution in [0, 0.1) is 0 Å². The Bertz CT molecular complexity index is 1270. The van der Waals surface area contributed by atoms with Crippen LogP contribution >= 0.6 is 0 Å². The molecule has 9 heteroatoms. The summed E-state index contributed by atoms with van der Waals surface area (Å²) in [6.07, 6.45) is 2.11. The second kappa shape index (κ2) is 11.3. The summed E-state index contributed by atoms with van der Waals surface area (Å²) in [6.45, 7) is 4.74. The molecule has 36 heavy (non-hydrogen) atoms. The molecule has 3 aromatic rings. The van der Waals surface area contributed by atoms with Gasteiger partial charge in [0.25, 0.3) is 5.56 Å². The number of hydrogen-bond donors (Lipinski definition) is 2. The molecule has 1 aliphatic rings. The van der Waals surface area contributed by atoms with E-state index in [2.05, 4.69) is 22.1 Å². The Morgan fingerprint density at radius 3 is 2.53 bits per heavy atom. The third-order valence-corrected chi connectivity index (χ3v) is 6.76. The molecular weight excluding hydrogens is 460 g/mol. The van der Waals surface area contributed by atoms with Crippen molar-refractivity contribution in [2.75, 3.05) is 46.3 Å². The lowest BCUT2D eigenvalue weighted by Gasteiger charge is -2.30. The summed E-state index contributed by atoms with van der Waals surface area (Å²) in [4.78, 5) is 33.6. The third kappa shape index (κ3) is 5.41. The maximum Gasteiger partial charge on any atom is 0.322 e. The number of methoxy groups -OCH3 is 3. The number of carbonyl (C=O) groups excluding carboxylic acids is 1. The van der Waals surface area contributed by atoms with Crippen LogP contribution in [0.5, 0.6) is 17.2 Å². The number of benzene rings is 2. The van der Waals surface area contributed by atoms with E-state index >= 15 is 0 Å². The Morgan fingerprint density at radius 1 is 1.08 bits per heavy atom. The maximum absolute atomic E-state index is 13.5. The van der Waals surface area contributed by atoms with Crippen molar-refractivity contribution in [1.82, 2.24) is 14.8 Å². The average molecular weight is 495 g/mol. The number of nitrogens with zero attached hydrogens (tertiary/aromatic N) is 2. The van der Waals surface area contributed by atoms with E-state index in [1.807, 2.05) is 24.3 Å². The molecule has 1 aromatic heterocycles. The summed E-state index contributed by atoms with van der Waals surface area (Å²) in [5.41, 5.74) is 1.46. The van der Waals surface area contributed by atoms with Gasteiger partial charge in [-0.3, -0.25) is 9.69 Å². The number of amides is 2. The molecule has 2 aromatic carbocycles. The number of aromatic amines is 1. The largest absolute Gasteiger partial charge is 0.495 e. The topological polar surface area (TPSA) is 96.1 Å². The Balaban J connectivity index is 1.66. The highest BCUT2D eigenvalue weighted by Gasteiger charge is 2.28. The second-order valence-corrected chi connectivity index (χ2v) is 8.85. The maximum atomic E-state index is 13.5. The number of carbonyl (C=O) groups is 1. The minimum Gasteiger partial charge on any atom is -0.495 e. The lowest BCUT2D eigenvalue weighted by molar-refractivity contribution is 0.174. The molecule has 1 atom stereocenters. The second-order valence-electron chi connectivity index (χ2n) is 8.85. The van der Waals surface area contributed by atoms with E-state index in [0.717, 1.165) is 31.3 Å². The van der Waals surface area contributed by atoms with E-state index in [-0.39, 0.29) is 24.2 Å². The zero-order chi connectivity index (χ0) is 25.7. The number of pyridine rings is 1. The molecular formula is C27H34N4O5. The summed E-state index contributed by atoms with van der Waals surface area (Å²) in [5.74, 6) is 1.68. The van der Waals surface area contributed by atoms with Crippen molar-refractivity contribution in [1.29, 1.82) is 0 Å². The van der Waals surface area contributed by atoms with Crippen LogP contribution in [-0.4, -0.2) is 67.8 Å². The quantitative estimate of drug-likeness (QED) is 0.466. The third-order valence-electron chi connectivity index (χ3n) is 6.76. The van der Waals surface area contributed by atoms with Crippen molar-refractivity contribution in [3.8, 4) is 17.2 Å². The summed E-state index contributed by atoms with van der Waals surface area (Å²) in [5, 5.41) is 3.77. The SMILES string of the molecule is CCN1CCC[C@@H]1CN(Cc1cc2cc(OC)c(OC)cc2[nH]c1=O)C(=O)Nc1ccccc1OC. The summed E-state index contributed by atoms with van der Waals surface area (Å²) < 4.78 is 16.2.